The molecule has 0 aliphatic rings. The van der Waals surface area contributed by atoms with Crippen LogP contribution in [0.25, 0.3) is 27.9 Å². The maximum atomic E-state index is 14.0. The smallest absolute Gasteiger partial charge is 0.248 e. The standard InChI is InChI=1S/C22H15FN2O2S/c23-18-9-3-1-7-16(18)22-25-20(14-28-22)17-8-2-4-10-19(17)24-21(26)12-11-15-6-5-13-27-15/h1-14H,(H,24,26). The Bertz CT molecular complexity index is 1130. The summed E-state index contributed by atoms with van der Waals surface area (Å²) in [4.78, 5) is 16.8. The van der Waals surface area contributed by atoms with Crippen LogP contribution in [0.15, 0.2) is 82.8 Å². The predicted molar refractivity (Wildman–Crippen MR) is 109 cm³/mol. The van der Waals surface area contributed by atoms with Crippen LogP contribution in [0.2, 0.25) is 0 Å². The topological polar surface area (TPSA) is 55.1 Å². The van der Waals surface area contributed by atoms with Crippen LogP contribution in [0.1, 0.15) is 5.76 Å². The van der Waals surface area contributed by atoms with Gasteiger partial charge in [0.2, 0.25) is 5.91 Å². The van der Waals surface area contributed by atoms with Gasteiger partial charge in [0, 0.05) is 22.6 Å². The quantitative estimate of drug-likeness (QED) is 0.434. The second-order valence-electron chi connectivity index (χ2n) is 5.90. The molecule has 0 spiro atoms. The Balaban J connectivity index is 1.58. The van der Waals surface area contributed by atoms with Crippen molar-refractivity contribution in [1.82, 2.24) is 4.98 Å². The van der Waals surface area contributed by atoms with Crippen molar-refractivity contribution in [2.24, 2.45) is 0 Å². The number of halogens is 1. The van der Waals surface area contributed by atoms with Crippen molar-refractivity contribution >= 4 is 29.0 Å². The molecule has 0 saturated heterocycles. The third kappa shape index (κ3) is 3.92. The van der Waals surface area contributed by atoms with Crippen molar-refractivity contribution < 1.29 is 13.6 Å². The van der Waals surface area contributed by atoms with E-state index in [-0.39, 0.29) is 11.7 Å². The van der Waals surface area contributed by atoms with Crippen LogP contribution in [0.3, 0.4) is 0 Å². The SMILES string of the molecule is O=C(C=Cc1ccco1)Nc1ccccc1-c1csc(-c2ccccc2F)n1. The highest BCUT2D eigenvalue weighted by atomic mass is 32.1. The van der Waals surface area contributed by atoms with Gasteiger partial charge in [0.15, 0.2) is 0 Å². The van der Waals surface area contributed by atoms with Gasteiger partial charge in [-0.25, -0.2) is 9.37 Å². The summed E-state index contributed by atoms with van der Waals surface area (Å²) in [6.45, 7) is 0. The van der Waals surface area contributed by atoms with Crippen molar-refractivity contribution in [1.29, 1.82) is 0 Å². The fourth-order valence-electron chi connectivity index (χ4n) is 2.69. The van der Waals surface area contributed by atoms with Gasteiger partial charge in [-0.1, -0.05) is 30.3 Å². The number of aromatic nitrogens is 1. The van der Waals surface area contributed by atoms with E-state index < -0.39 is 0 Å². The molecular formula is C22H15FN2O2S. The molecule has 0 fully saturated rings. The van der Waals surface area contributed by atoms with Crippen LogP contribution in [-0.4, -0.2) is 10.9 Å². The van der Waals surface area contributed by atoms with Crippen LogP contribution in [0.5, 0.6) is 0 Å². The van der Waals surface area contributed by atoms with E-state index in [2.05, 4.69) is 10.3 Å². The lowest BCUT2D eigenvalue weighted by Gasteiger charge is -2.07. The van der Waals surface area contributed by atoms with Crippen molar-refractivity contribution in [3.8, 4) is 21.8 Å². The van der Waals surface area contributed by atoms with Crippen LogP contribution >= 0.6 is 11.3 Å². The average Bonchev–Trinajstić information content (AvgIpc) is 3.39. The Morgan fingerprint density at radius 3 is 2.61 bits per heavy atom. The van der Waals surface area contributed by atoms with Crippen LogP contribution in [-0.2, 0) is 4.79 Å². The van der Waals surface area contributed by atoms with Gasteiger partial charge in [-0.15, -0.1) is 11.3 Å². The van der Waals surface area contributed by atoms with E-state index in [1.54, 1.807) is 48.7 Å². The molecule has 0 saturated carbocycles. The Labute approximate surface area is 165 Å². The summed E-state index contributed by atoms with van der Waals surface area (Å²) < 4.78 is 19.2. The van der Waals surface area contributed by atoms with E-state index in [1.807, 2.05) is 23.6 Å². The molecule has 2 heterocycles. The number of furan rings is 1. The first-order chi connectivity index (χ1) is 13.7. The van der Waals surface area contributed by atoms with Gasteiger partial charge in [0.05, 0.1) is 17.6 Å². The molecule has 0 bridgehead atoms. The fourth-order valence-corrected chi connectivity index (χ4v) is 3.54. The molecule has 4 aromatic rings. The normalized spacial score (nSPS) is 11.0. The number of carbonyl (C=O) groups excluding carboxylic acids is 1. The molecule has 0 atom stereocenters. The zero-order chi connectivity index (χ0) is 19.3. The largest absolute Gasteiger partial charge is 0.465 e. The number of amides is 1. The Morgan fingerprint density at radius 1 is 1.04 bits per heavy atom. The molecule has 0 aliphatic carbocycles. The van der Waals surface area contributed by atoms with Crippen LogP contribution < -0.4 is 5.32 Å². The van der Waals surface area contributed by atoms with Crippen molar-refractivity contribution in [3.63, 3.8) is 0 Å². The number of para-hydroxylation sites is 1. The van der Waals surface area contributed by atoms with Gasteiger partial charge >= 0.3 is 0 Å². The van der Waals surface area contributed by atoms with Crippen molar-refractivity contribution in [2.75, 3.05) is 5.32 Å². The Morgan fingerprint density at radius 2 is 1.82 bits per heavy atom. The van der Waals surface area contributed by atoms with Gasteiger partial charge in [-0.3, -0.25) is 4.79 Å². The number of thiazole rings is 1. The summed E-state index contributed by atoms with van der Waals surface area (Å²) in [7, 11) is 0. The van der Waals surface area contributed by atoms with E-state index in [1.165, 1.54) is 23.5 Å². The monoisotopic (exact) mass is 390 g/mol. The van der Waals surface area contributed by atoms with Crippen LogP contribution in [0, 0.1) is 5.82 Å². The minimum atomic E-state index is -0.312. The average molecular weight is 390 g/mol. The van der Waals surface area contributed by atoms with E-state index in [9.17, 15) is 9.18 Å². The van der Waals surface area contributed by atoms with E-state index in [0.717, 1.165) is 5.56 Å². The van der Waals surface area contributed by atoms with Gasteiger partial charge in [0.25, 0.3) is 0 Å². The molecule has 0 radical (unpaired) electrons. The summed E-state index contributed by atoms with van der Waals surface area (Å²) in [6, 6.07) is 17.4. The van der Waals surface area contributed by atoms with Crippen LogP contribution in [0.4, 0.5) is 10.1 Å². The zero-order valence-corrected chi connectivity index (χ0v) is 15.4. The Kier molecular flexibility index (Phi) is 5.12. The molecular weight excluding hydrogens is 375 g/mol. The van der Waals surface area contributed by atoms with Gasteiger partial charge in [0.1, 0.15) is 16.6 Å². The van der Waals surface area contributed by atoms with Gasteiger partial charge < -0.3 is 9.73 Å². The molecule has 2 aromatic heterocycles. The molecule has 138 valence electrons. The molecule has 4 rings (SSSR count). The molecule has 0 aliphatic heterocycles. The Hall–Kier alpha value is -3.51. The lowest BCUT2D eigenvalue weighted by atomic mass is 10.1. The summed E-state index contributed by atoms with van der Waals surface area (Å²) in [5.41, 5.74) is 2.53. The van der Waals surface area contributed by atoms with E-state index in [4.69, 9.17) is 4.42 Å². The summed E-state index contributed by atoms with van der Waals surface area (Å²) in [6.07, 6.45) is 4.54. The molecule has 1 N–H and O–H groups in total. The molecule has 0 unspecified atom stereocenters. The number of carbonyl (C=O) groups is 1. The van der Waals surface area contributed by atoms with E-state index in [0.29, 0.717) is 27.7 Å². The van der Waals surface area contributed by atoms with Gasteiger partial charge in [-0.05, 0) is 36.4 Å². The van der Waals surface area contributed by atoms with Gasteiger partial charge in [-0.2, -0.15) is 0 Å². The maximum Gasteiger partial charge on any atom is 0.248 e. The highest BCUT2D eigenvalue weighted by molar-refractivity contribution is 7.13. The predicted octanol–water partition coefficient (Wildman–Crippen LogP) is 5.86. The lowest BCUT2D eigenvalue weighted by molar-refractivity contribution is -0.111. The molecule has 4 nitrogen and oxygen atoms in total. The minimum Gasteiger partial charge on any atom is -0.465 e. The maximum absolute atomic E-state index is 14.0. The van der Waals surface area contributed by atoms with Crippen molar-refractivity contribution in [3.05, 3.63) is 90.0 Å². The number of anilines is 1. The number of benzene rings is 2. The second kappa shape index (κ2) is 8.02. The molecule has 6 heteroatoms. The first kappa shape index (κ1) is 17.9. The number of nitrogens with zero attached hydrogens (tertiary/aromatic N) is 1. The number of rotatable bonds is 5. The first-order valence-electron chi connectivity index (χ1n) is 8.53. The zero-order valence-electron chi connectivity index (χ0n) is 14.6. The first-order valence-corrected chi connectivity index (χ1v) is 9.41. The lowest BCUT2D eigenvalue weighted by Crippen LogP contribution is -2.08. The summed E-state index contributed by atoms with van der Waals surface area (Å²) in [5.74, 6) is -0.000996. The third-order valence-corrected chi connectivity index (χ3v) is 4.89. The number of nitrogens with one attached hydrogen (secondary N) is 1. The van der Waals surface area contributed by atoms with Crippen molar-refractivity contribution in [2.45, 2.75) is 0 Å². The number of hydrogen-bond acceptors (Lipinski definition) is 4. The molecule has 1 amide bonds. The molecule has 2 aromatic carbocycles. The fraction of sp³-hybridized carbons (Fsp3) is 0. The summed E-state index contributed by atoms with van der Waals surface area (Å²) in [5, 5.41) is 5.30. The second-order valence-corrected chi connectivity index (χ2v) is 6.76. The third-order valence-electron chi connectivity index (χ3n) is 4.01. The highest BCUT2D eigenvalue weighted by Gasteiger charge is 2.13. The highest BCUT2D eigenvalue weighted by Crippen LogP contribution is 2.33. The minimum absolute atomic E-state index is 0.284. The molecule has 28 heavy (non-hydrogen) atoms. The summed E-state index contributed by atoms with van der Waals surface area (Å²) >= 11 is 1.36. The number of hydrogen-bond donors (Lipinski definition) is 1. The van der Waals surface area contributed by atoms with E-state index >= 15 is 0 Å².